The minimum absolute atomic E-state index is 0.230. The number of hydrogen-bond donors (Lipinski definition) is 1. The third-order valence-corrected chi connectivity index (χ3v) is 2.64. The SMILES string of the molecule is C=CCN(c1cc(C)ccc1C(=O)O)C(C)C. The van der Waals surface area contributed by atoms with Gasteiger partial charge in [0.2, 0.25) is 0 Å². The van der Waals surface area contributed by atoms with E-state index in [4.69, 9.17) is 0 Å². The van der Waals surface area contributed by atoms with Crippen LogP contribution in [0.25, 0.3) is 0 Å². The largest absolute Gasteiger partial charge is 0.478 e. The van der Waals surface area contributed by atoms with Crippen LogP contribution in [0, 0.1) is 6.92 Å². The van der Waals surface area contributed by atoms with E-state index in [9.17, 15) is 9.90 Å². The summed E-state index contributed by atoms with van der Waals surface area (Å²) in [5.41, 5.74) is 2.15. The van der Waals surface area contributed by atoms with E-state index in [0.717, 1.165) is 11.3 Å². The van der Waals surface area contributed by atoms with Crippen LogP contribution in [0.15, 0.2) is 30.9 Å². The Morgan fingerprint density at radius 3 is 2.65 bits per heavy atom. The highest BCUT2D eigenvalue weighted by atomic mass is 16.4. The van der Waals surface area contributed by atoms with Crippen LogP contribution in [0.5, 0.6) is 0 Å². The summed E-state index contributed by atoms with van der Waals surface area (Å²) in [5.74, 6) is -0.894. The minimum Gasteiger partial charge on any atom is -0.478 e. The highest BCUT2D eigenvalue weighted by Crippen LogP contribution is 2.24. The lowest BCUT2D eigenvalue weighted by molar-refractivity contribution is 0.0697. The zero-order valence-electron chi connectivity index (χ0n) is 10.6. The fourth-order valence-electron chi connectivity index (χ4n) is 1.79. The molecule has 0 saturated heterocycles. The van der Waals surface area contributed by atoms with Crippen molar-refractivity contribution in [3.05, 3.63) is 42.0 Å². The van der Waals surface area contributed by atoms with Gasteiger partial charge in [0.05, 0.1) is 11.3 Å². The summed E-state index contributed by atoms with van der Waals surface area (Å²) in [6.07, 6.45) is 1.79. The zero-order chi connectivity index (χ0) is 13.0. The number of carboxylic acid groups (broad SMARTS) is 1. The molecule has 0 spiro atoms. The van der Waals surface area contributed by atoms with Crippen molar-refractivity contribution in [2.45, 2.75) is 26.8 Å². The van der Waals surface area contributed by atoms with Gasteiger partial charge in [0, 0.05) is 12.6 Å². The Morgan fingerprint density at radius 2 is 2.18 bits per heavy atom. The van der Waals surface area contributed by atoms with Crippen LogP contribution in [0.3, 0.4) is 0 Å². The van der Waals surface area contributed by atoms with Gasteiger partial charge >= 0.3 is 5.97 Å². The summed E-state index contributed by atoms with van der Waals surface area (Å²) in [6.45, 7) is 10.4. The number of carboxylic acids is 1. The molecule has 0 heterocycles. The molecule has 0 unspecified atom stereocenters. The average Bonchev–Trinajstić information content (AvgIpc) is 2.24. The Kier molecular flexibility index (Phi) is 4.32. The molecule has 0 aliphatic heterocycles. The maximum absolute atomic E-state index is 11.2. The number of hydrogen-bond acceptors (Lipinski definition) is 2. The number of aryl methyl sites for hydroxylation is 1. The van der Waals surface area contributed by atoms with Crippen LogP contribution in [0.4, 0.5) is 5.69 Å². The molecule has 1 rings (SSSR count). The van der Waals surface area contributed by atoms with E-state index in [1.54, 1.807) is 12.1 Å². The fraction of sp³-hybridized carbons (Fsp3) is 0.357. The lowest BCUT2D eigenvalue weighted by Crippen LogP contribution is -2.32. The van der Waals surface area contributed by atoms with Gasteiger partial charge < -0.3 is 10.0 Å². The molecular formula is C14H19NO2. The number of benzene rings is 1. The van der Waals surface area contributed by atoms with Crippen molar-refractivity contribution in [2.24, 2.45) is 0 Å². The Bertz CT molecular complexity index is 424. The van der Waals surface area contributed by atoms with Gasteiger partial charge in [0.15, 0.2) is 0 Å². The smallest absolute Gasteiger partial charge is 0.337 e. The molecule has 0 aliphatic rings. The van der Waals surface area contributed by atoms with Crippen molar-refractivity contribution in [3.63, 3.8) is 0 Å². The molecule has 0 atom stereocenters. The maximum atomic E-state index is 11.2. The van der Waals surface area contributed by atoms with Gasteiger partial charge in [-0.2, -0.15) is 0 Å². The topological polar surface area (TPSA) is 40.5 Å². The molecule has 3 nitrogen and oxygen atoms in total. The fourth-order valence-corrected chi connectivity index (χ4v) is 1.79. The van der Waals surface area contributed by atoms with Gasteiger partial charge in [-0.3, -0.25) is 0 Å². The summed E-state index contributed by atoms with van der Waals surface area (Å²) >= 11 is 0. The van der Waals surface area contributed by atoms with Gasteiger partial charge in [0.1, 0.15) is 0 Å². The lowest BCUT2D eigenvalue weighted by Gasteiger charge is -2.29. The molecule has 0 bridgehead atoms. The Balaban J connectivity index is 3.28. The molecule has 0 radical (unpaired) electrons. The van der Waals surface area contributed by atoms with Crippen molar-refractivity contribution in [1.29, 1.82) is 0 Å². The van der Waals surface area contributed by atoms with Crippen LogP contribution in [0.1, 0.15) is 29.8 Å². The predicted octanol–water partition coefficient (Wildman–Crippen LogP) is 3.09. The van der Waals surface area contributed by atoms with Gasteiger partial charge in [-0.05, 0) is 38.5 Å². The first-order chi connectivity index (χ1) is 7.97. The first kappa shape index (κ1) is 13.3. The highest BCUT2D eigenvalue weighted by Gasteiger charge is 2.17. The van der Waals surface area contributed by atoms with Gasteiger partial charge in [-0.25, -0.2) is 4.79 Å². The molecule has 1 aromatic rings. The van der Waals surface area contributed by atoms with Gasteiger partial charge in [-0.15, -0.1) is 6.58 Å². The molecule has 1 aromatic carbocycles. The normalized spacial score (nSPS) is 10.4. The van der Waals surface area contributed by atoms with Crippen molar-refractivity contribution >= 4 is 11.7 Å². The van der Waals surface area contributed by atoms with Gasteiger partial charge in [-0.1, -0.05) is 12.1 Å². The lowest BCUT2D eigenvalue weighted by atomic mass is 10.1. The average molecular weight is 233 g/mol. The van der Waals surface area contributed by atoms with Gasteiger partial charge in [0.25, 0.3) is 0 Å². The molecule has 1 N–H and O–H groups in total. The maximum Gasteiger partial charge on any atom is 0.337 e. The van der Waals surface area contributed by atoms with E-state index in [1.807, 2.05) is 37.8 Å². The number of rotatable bonds is 5. The third kappa shape index (κ3) is 3.09. The second-order valence-corrected chi connectivity index (χ2v) is 4.36. The molecule has 17 heavy (non-hydrogen) atoms. The molecule has 0 aliphatic carbocycles. The second kappa shape index (κ2) is 5.53. The summed E-state index contributed by atoms with van der Waals surface area (Å²) in [4.78, 5) is 13.2. The van der Waals surface area contributed by atoms with E-state index in [2.05, 4.69) is 6.58 Å². The Morgan fingerprint density at radius 1 is 1.53 bits per heavy atom. The molecule has 3 heteroatoms. The molecule has 0 amide bonds. The van der Waals surface area contributed by atoms with E-state index in [0.29, 0.717) is 12.1 Å². The number of aromatic carboxylic acids is 1. The molecule has 0 fully saturated rings. The highest BCUT2D eigenvalue weighted by molar-refractivity contribution is 5.94. The zero-order valence-corrected chi connectivity index (χ0v) is 10.6. The second-order valence-electron chi connectivity index (χ2n) is 4.36. The van der Waals surface area contributed by atoms with Crippen molar-refractivity contribution in [1.82, 2.24) is 0 Å². The summed E-state index contributed by atoms with van der Waals surface area (Å²) < 4.78 is 0. The molecule has 0 aromatic heterocycles. The van der Waals surface area contributed by atoms with E-state index >= 15 is 0 Å². The predicted molar refractivity (Wildman–Crippen MR) is 70.8 cm³/mol. The molecular weight excluding hydrogens is 214 g/mol. The van der Waals surface area contributed by atoms with E-state index < -0.39 is 5.97 Å². The van der Waals surface area contributed by atoms with Crippen molar-refractivity contribution in [3.8, 4) is 0 Å². The minimum atomic E-state index is -0.894. The Labute approximate surface area is 102 Å². The van der Waals surface area contributed by atoms with Crippen LogP contribution in [-0.4, -0.2) is 23.7 Å². The quantitative estimate of drug-likeness (QED) is 0.794. The summed E-state index contributed by atoms with van der Waals surface area (Å²) in [5, 5.41) is 9.20. The first-order valence-corrected chi connectivity index (χ1v) is 5.68. The Hall–Kier alpha value is -1.77. The first-order valence-electron chi connectivity index (χ1n) is 5.68. The van der Waals surface area contributed by atoms with Crippen LogP contribution in [0.2, 0.25) is 0 Å². The standard InChI is InChI=1S/C14H19NO2/c1-5-8-15(10(2)3)13-9-11(4)6-7-12(13)14(16)17/h5-7,9-10H,1,8H2,2-4H3,(H,16,17). The number of nitrogens with zero attached hydrogens (tertiary/aromatic N) is 1. The van der Waals surface area contributed by atoms with E-state index in [-0.39, 0.29) is 6.04 Å². The summed E-state index contributed by atoms with van der Waals surface area (Å²) in [6, 6.07) is 5.62. The third-order valence-electron chi connectivity index (χ3n) is 2.64. The number of carbonyl (C=O) groups is 1. The van der Waals surface area contributed by atoms with Crippen LogP contribution < -0.4 is 4.90 Å². The van der Waals surface area contributed by atoms with E-state index in [1.165, 1.54) is 0 Å². The van der Waals surface area contributed by atoms with Crippen LogP contribution in [-0.2, 0) is 0 Å². The van der Waals surface area contributed by atoms with Crippen molar-refractivity contribution in [2.75, 3.05) is 11.4 Å². The monoisotopic (exact) mass is 233 g/mol. The molecule has 0 saturated carbocycles. The summed E-state index contributed by atoms with van der Waals surface area (Å²) in [7, 11) is 0. The van der Waals surface area contributed by atoms with Crippen LogP contribution >= 0.6 is 0 Å². The van der Waals surface area contributed by atoms with Crippen molar-refractivity contribution < 1.29 is 9.90 Å². The number of anilines is 1. The molecule has 92 valence electrons.